The lowest BCUT2D eigenvalue weighted by Crippen LogP contribution is -2.43. The van der Waals surface area contributed by atoms with Crippen LogP contribution in [0.25, 0.3) is 0 Å². The van der Waals surface area contributed by atoms with Gasteiger partial charge in [-0.2, -0.15) is 0 Å². The largest absolute Gasteiger partial charge is 0.336 e. The molecule has 132 valence electrons. The molecule has 1 aliphatic heterocycles. The molecule has 1 fully saturated rings. The number of hydrogen-bond donors (Lipinski definition) is 1. The molecule has 3 rings (SSSR count). The van der Waals surface area contributed by atoms with E-state index < -0.39 is 0 Å². The van der Waals surface area contributed by atoms with Crippen LogP contribution in [0.4, 0.5) is 11.6 Å². The van der Waals surface area contributed by atoms with E-state index in [1.165, 1.54) is 6.42 Å². The molecule has 1 saturated heterocycles. The Morgan fingerprint density at radius 1 is 1.20 bits per heavy atom. The fourth-order valence-electron chi connectivity index (χ4n) is 3.48. The number of hydrogen-bond acceptors (Lipinski definition) is 4. The smallest absolute Gasteiger partial charge is 0.257 e. The van der Waals surface area contributed by atoms with Gasteiger partial charge < -0.3 is 10.2 Å². The van der Waals surface area contributed by atoms with Gasteiger partial charge in [0.25, 0.3) is 5.91 Å². The zero-order valence-electron chi connectivity index (χ0n) is 15.2. The first-order valence-electron chi connectivity index (χ1n) is 9.06. The summed E-state index contributed by atoms with van der Waals surface area (Å²) in [5.41, 5.74) is 3.86. The quantitative estimate of drug-likeness (QED) is 0.906. The number of carbonyl (C=O) groups is 1. The highest BCUT2D eigenvalue weighted by atomic mass is 16.2. The second-order valence-corrected chi connectivity index (χ2v) is 6.74. The van der Waals surface area contributed by atoms with Crippen molar-refractivity contribution in [3.8, 4) is 0 Å². The van der Waals surface area contributed by atoms with Gasteiger partial charge in [-0.3, -0.25) is 4.79 Å². The topological polar surface area (TPSA) is 58.1 Å². The fourth-order valence-corrected chi connectivity index (χ4v) is 3.48. The van der Waals surface area contributed by atoms with Crippen LogP contribution in [0.15, 0.2) is 30.6 Å². The third kappa shape index (κ3) is 3.81. The van der Waals surface area contributed by atoms with E-state index in [0.29, 0.717) is 17.6 Å². The van der Waals surface area contributed by atoms with E-state index in [2.05, 4.69) is 48.2 Å². The van der Waals surface area contributed by atoms with Crippen molar-refractivity contribution in [3.63, 3.8) is 0 Å². The fraction of sp³-hybridized carbons (Fsp3) is 0.450. The summed E-state index contributed by atoms with van der Waals surface area (Å²) in [4.78, 5) is 23.5. The lowest BCUT2D eigenvalue weighted by atomic mass is 9.99. The van der Waals surface area contributed by atoms with Crippen LogP contribution in [0.3, 0.4) is 0 Å². The van der Waals surface area contributed by atoms with Crippen molar-refractivity contribution >= 4 is 17.5 Å². The van der Waals surface area contributed by atoms with Gasteiger partial charge >= 0.3 is 0 Å². The predicted molar refractivity (Wildman–Crippen MR) is 100 cm³/mol. The van der Waals surface area contributed by atoms with Crippen molar-refractivity contribution in [2.75, 3.05) is 11.9 Å². The SMILES string of the molecule is CCC1CCCCN1C(=O)c1cnc(Nc2c(C)cccc2C)nc1. The maximum absolute atomic E-state index is 12.8. The van der Waals surface area contributed by atoms with Gasteiger partial charge in [0.1, 0.15) is 0 Å². The molecule has 2 heterocycles. The number of aryl methyl sites for hydroxylation is 2. The first-order valence-corrected chi connectivity index (χ1v) is 9.06. The highest BCUT2D eigenvalue weighted by molar-refractivity contribution is 5.94. The minimum Gasteiger partial charge on any atom is -0.336 e. The zero-order valence-corrected chi connectivity index (χ0v) is 15.2. The third-order valence-electron chi connectivity index (χ3n) is 4.98. The maximum atomic E-state index is 12.8. The number of nitrogens with one attached hydrogen (secondary N) is 1. The average Bonchev–Trinajstić information content (AvgIpc) is 2.65. The van der Waals surface area contributed by atoms with E-state index in [0.717, 1.165) is 42.6 Å². The molecule has 5 heteroatoms. The second kappa shape index (κ2) is 7.64. The van der Waals surface area contributed by atoms with Crippen LogP contribution in [-0.4, -0.2) is 33.4 Å². The summed E-state index contributed by atoms with van der Waals surface area (Å²) in [6.45, 7) is 7.08. The van der Waals surface area contributed by atoms with Crippen molar-refractivity contribution in [2.24, 2.45) is 0 Å². The van der Waals surface area contributed by atoms with E-state index in [-0.39, 0.29) is 5.91 Å². The van der Waals surface area contributed by atoms with Crippen LogP contribution in [0.2, 0.25) is 0 Å². The van der Waals surface area contributed by atoms with Crippen LogP contribution >= 0.6 is 0 Å². The molecule has 1 atom stereocenters. The second-order valence-electron chi connectivity index (χ2n) is 6.74. The Kier molecular flexibility index (Phi) is 5.31. The van der Waals surface area contributed by atoms with E-state index >= 15 is 0 Å². The number of anilines is 2. The Labute approximate surface area is 149 Å². The van der Waals surface area contributed by atoms with Crippen molar-refractivity contribution in [2.45, 2.75) is 52.5 Å². The van der Waals surface area contributed by atoms with E-state index in [9.17, 15) is 4.79 Å². The van der Waals surface area contributed by atoms with Crippen molar-refractivity contribution in [1.82, 2.24) is 14.9 Å². The molecule has 0 radical (unpaired) electrons. The predicted octanol–water partition coefficient (Wildman–Crippen LogP) is 4.24. The molecule has 1 aromatic carbocycles. The molecule has 1 aliphatic rings. The Hall–Kier alpha value is -2.43. The van der Waals surface area contributed by atoms with Crippen LogP contribution in [0, 0.1) is 13.8 Å². The monoisotopic (exact) mass is 338 g/mol. The molecule has 25 heavy (non-hydrogen) atoms. The minimum atomic E-state index is 0.0465. The summed E-state index contributed by atoms with van der Waals surface area (Å²) in [7, 11) is 0. The van der Waals surface area contributed by atoms with Crippen molar-refractivity contribution < 1.29 is 4.79 Å². The van der Waals surface area contributed by atoms with E-state index in [1.807, 2.05) is 11.0 Å². The number of nitrogens with zero attached hydrogens (tertiary/aromatic N) is 3. The van der Waals surface area contributed by atoms with Crippen LogP contribution < -0.4 is 5.32 Å². The molecule has 0 bridgehead atoms. The molecule has 5 nitrogen and oxygen atoms in total. The lowest BCUT2D eigenvalue weighted by molar-refractivity contribution is 0.0607. The van der Waals surface area contributed by atoms with Crippen LogP contribution in [-0.2, 0) is 0 Å². The molecule has 1 unspecified atom stereocenters. The minimum absolute atomic E-state index is 0.0465. The van der Waals surface area contributed by atoms with Gasteiger partial charge in [0, 0.05) is 30.7 Å². The van der Waals surface area contributed by atoms with Gasteiger partial charge in [-0.25, -0.2) is 9.97 Å². The average molecular weight is 338 g/mol. The summed E-state index contributed by atoms with van der Waals surface area (Å²) in [6.07, 6.45) is 7.64. The standard InChI is InChI=1S/C20H26N4O/c1-4-17-10-5-6-11-24(17)19(25)16-12-21-20(22-13-16)23-18-14(2)8-7-9-15(18)3/h7-9,12-13,17H,4-6,10-11H2,1-3H3,(H,21,22,23). The number of benzene rings is 1. The lowest BCUT2D eigenvalue weighted by Gasteiger charge is -2.35. The van der Waals surface area contributed by atoms with E-state index in [4.69, 9.17) is 0 Å². The molecular weight excluding hydrogens is 312 g/mol. The first-order chi connectivity index (χ1) is 12.1. The number of rotatable bonds is 4. The molecular formula is C20H26N4O. The summed E-state index contributed by atoms with van der Waals surface area (Å²) in [6, 6.07) is 6.47. The number of piperidine rings is 1. The van der Waals surface area contributed by atoms with Gasteiger partial charge in [-0.1, -0.05) is 25.1 Å². The van der Waals surface area contributed by atoms with Gasteiger partial charge in [-0.05, 0) is 50.7 Å². The van der Waals surface area contributed by atoms with Gasteiger partial charge in [-0.15, -0.1) is 0 Å². The summed E-state index contributed by atoms with van der Waals surface area (Å²) >= 11 is 0. The number of likely N-dealkylation sites (tertiary alicyclic amines) is 1. The van der Waals surface area contributed by atoms with Gasteiger partial charge in [0.2, 0.25) is 5.95 Å². The maximum Gasteiger partial charge on any atom is 0.257 e. The first kappa shape index (κ1) is 17.4. The van der Waals surface area contributed by atoms with Crippen molar-refractivity contribution in [1.29, 1.82) is 0 Å². The van der Waals surface area contributed by atoms with Crippen molar-refractivity contribution in [3.05, 3.63) is 47.3 Å². The number of para-hydroxylation sites is 1. The molecule has 0 aliphatic carbocycles. The third-order valence-corrected chi connectivity index (χ3v) is 4.98. The number of carbonyl (C=O) groups excluding carboxylic acids is 1. The Balaban J connectivity index is 1.74. The van der Waals surface area contributed by atoms with Gasteiger partial charge in [0.15, 0.2) is 0 Å². The summed E-state index contributed by atoms with van der Waals surface area (Å²) in [5, 5.41) is 3.26. The zero-order chi connectivity index (χ0) is 17.8. The molecule has 1 aromatic heterocycles. The Bertz CT molecular complexity index is 722. The Morgan fingerprint density at radius 2 is 1.88 bits per heavy atom. The molecule has 0 spiro atoms. The summed E-state index contributed by atoms with van der Waals surface area (Å²) < 4.78 is 0. The summed E-state index contributed by atoms with van der Waals surface area (Å²) in [5.74, 6) is 0.560. The molecule has 1 N–H and O–H groups in total. The normalized spacial score (nSPS) is 17.4. The highest BCUT2D eigenvalue weighted by Crippen LogP contribution is 2.23. The Morgan fingerprint density at radius 3 is 2.52 bits per heavy atom. The number of aromatic nitrogens is 2. The van der Waals surface area contributed by atoms with E-state index in [1.54, 1.807) is 12.4 Å². The molecule has 2 aromatic rings. The number of amides is 1. The van der Waals surface area contributed by atoms with Crippen LogP contribution in [0.1, 0.15) is 54.1 Å². The molecule has 0 saturated carbocycles. The highest BCUT2D eigenvalue weighted by Gasteiger charge is 2.26. The van der Waals surface area contributed by atoms with Crippen LogP contribution in [0.5, 0.6) is 0 Å². The molecule has 1 amide bonds. The van der Waals surface area contributed by atoms with Gasteiger partial charge in [0.05, 0.1) is 5.56 Å².